The number of benzene rings is 1. The van der Waals surface area contributed by atoms with Crippen LogP contribution < -0.4 is 0 Å². The van der Waals surface area contributed by atoms with Crippen molar-refractivity contribution in [2.75, 3.05) is 0 Å². The molecule has 0 atom stereocenters. The van der Waals surface area contributed by atoms with E-state index in [4.69, 9.17) is 0 Å². The topological polar surface area (TPSA) is 36.0 Å². The number of aromatic nitrogens is 1. The van der Waals surface area contributed by atoms with Crippen LogP contribution in [0.25, 0.3) is 0 Å². The van der Waals surface area contributed by atoms with E-state index in [1.165, 1.54) is 11.3 Å². The molecule has 1 aromatic heterocycles. The SMILES string of the molecule is OC1(Cc2ccc(Cc3ccccc3)[nH]2)CCCC1. The minimum Gasteiger partial charge on any atom is -0.389 e. The van der Waals surface area contributed by atoms with Crippen molar-refractivity contribution in [3.63, 3.8) is 0 Å². The number of aliphatic hydroxyl groups is 1. The van der Waals surface area contributed by atoms with Gasteiger partial charge in [0.2, 0.25) is 0 Å². The van der Waals surface area contributed by atoms with Gasteiger partial charge in [-0.15, -0.1) is 0 Å². The third-order valence-electron chi connectivity index (χ3n) is 4.10. The molecule has 0 bridgehead atoms. The minimum atomic E-state index is -0.463. The highest BCUT2D eigenvalue weighted by molar-refractivity contribution is 5.24. The Morgan fingerprint density at radius 2 is 1.63 bits per heavy atom. The highest BCUT2D eigenvalue weighted by atomic mass is 16.3. The van der Waals surface area contributed by atoms with Crippen LogP contribution in [-0.4, -0.2) is 15.7 Å². The Morgan fingerprint density at radius 3 is 2.37 bits per heavy atom. The maximum atomic E-state index is 10.4. The molecule has 0 unspecified atom stereocenters. The summed E-state index contributed by atoms with van der Waals surface area (Å²) in [6.45, 7) is 0. The molecule has 0 aliphatic heterocycles. The van der Waals surface area contributed by atoms with Crippen LogP contribution >= 0.6 is 0 Å². The zero-order chi connectivity index (χ0) is 13.1. The molecule has 1 fully saturated rings. The normalized spacial score (nSPS) is 17.7. The summed E-state index contributed by atoms with van der Waals surface area (Å²) < 4.78 is 0. The predicted molar refractivity (Wildman–Crippen MR) is 77.2 cm³/mol. The van der Waals surface area contributed by atoms with Gasteiger partial charge in [-0.2, -0.15) is 0 Å². The van der Waals surface area contributed by atoms with Gasteiger partial charge in [0.25, 0.3) is 0 Å². The molecule has 1 saturated carbocycles. The van der Waals surface area contributed by atoms with Crippen LogP contribution in [0.15, 0.2) is 42.5 Å². The molecule has 1 aromatic carbocycles. The highest BCUT2D eigenvalue weighted by Crippen LogP contribution is 2.32. The molecule has 1 aliphatic carbocycles. The highest BCUT2D eigenvalue weighted by Gasteiger charge is 2.31. The van der Waals surface area contributed by atoms with Crippen molar-refractivity contribution >= 4 is 0 Å². The molecular weight excluding hydrogens is 234 g/mol. The molecule has 2 N–H and O–H groups in total. The molecule has 0 amide bonds. The number of H-pyrrole nitrogens is 1. The van der Waals surface area contributed by atoms with E-state index in [-0.39, 0.29) is 0 Å². The van der Waals surface area contributed by atoms with Gasteiger partial charge < -0.3 is 10.1 Å². The Morgan fingerprint density at radius 1 is 0.947 bits per heavy atom. The Bertz CT molecular complexity index is 523. The van der Waals surface area contributed by atoms with Crippen LogP contribution in [0.3, 0.4) is 0 Å². The van der Waals surface area contributed by atoms with Gasteiger partial charge in [-0.05, 0) is 30.5 Å². The quantitative estimate of drug-likeness (QED) is 0.862. The summed E-state index contributed by atoms with van der Waals surface area (Å²) in [5, 5.41) is 10.4. The van der Waals surface area contributed by atoms with Crippen molar-refractivity contribution < 1.29 is 5.11 Å². The van der Waals surface area contributed by atoms with Crippen molar-refractivity contribution in [2.45, 2.75) is 44.1 Å². The van der Waals surface area contributed by atoms with Gasteiger partial charge in [-0.1, -0.05) is 43.2 Å². The molecule has 0 saturated heterocycles. The molecule has 2 aromatic rings. The monoisotopic (exact) mass is 255 g/mol. The maximum Gasteiger partial charge on any atom is 0.0702 e. The zero-order valence-electron chi connectivity index (χ0n) is 11.2. The van der Waals surface area contributed by atoms with E-state index in [0.29, 0.717) is 0 Å². The van der Waals surface area contributed by atoms with Crippen molar-refractivity contribution in [1.82, 2.24) is 4.98 Å². The summed E-state index contributed by atoms with van der Waals surface area (Å²) in [7, 11) is 0. The Balaban J connectivity index is 1.66. The van der Waals surface area contributed by atoms with Crippen molar-refractivity contribution in [3.05, 3.63) is 59.4 Å². The number of hydrogen-bond acceptors (Lipinski definition) is 1. The summed E-state index contributed by atoms with van der Waals surface area (Å²) in [6, 6.07) is 14.7. The van der Waals surface area contributed by atoms with E-state index in [1.807, 2.05) is 6.07 Å². The second-order valence-electron chi connectivity index (χ2n) is 5.78. The average molecular weight is 255 g/mol. The number of aromatic amines is 1. The molecule has 1 aliphatic rings. The maximum absolute atomic E-state index is 10.4. The average Bonchev–Trinajstić information content (AvgIpc) is 3.01. The van der Waals surface area contributed by atoms with Crippen LogP contribution in [0.4, 0.5) is 0 Å². The fourth-order valence-electron chi connectivity index (χ4n) is 3.08. The molecule has 0 radical (unpaired) electrons. The third-order valence-corrected chi connectivity index (χ3v) is 4.10. The number of hydrogen-bond donors (Lipinski definition) is 2. The first-order valence-corrected chi connectivity index (χ1v) is 7.17. The van der Waals surface area contributed by atoms with Gasteiger partial charge in [-0.3, -0.25) is 0 Å². The summed E-state index contributed by atoms with van der Waals surface area (Å²) >= 11 is 0. The van der Waals surface area contributed by atoms with Crippen LogP contribution in [-0.2, 0) is 12.8 Å². The zero-order valence-corrected chi connectivity index (χ0v) is 11.2. The van der Waals surface area contributed by atoms with Gasteiger partial charge in [-0.25, -0.2) is 0 Å². The first kappa shape index (κ1) is 12.5. The van der Waals surface area contributed by atoms with Gasteiger partial charge in [0.1, 0.15) is 0 Å². The summed E-state index contributed by atoms with van der Waals surface area (Å²) in [6.07, 6.45) is 5.91. The van der Waals surface area contributed by atoms with Gasteiger partial charge in [0.15, 0.2) is 0 Å². The summed E-state index contributed by atoms with van der Waals surface area (Å²) in [4.78, 5) is 3.45. The van der Waals surface area contributed by atoms with E-state index in [2.05, 4.69) is 41.4 Å². The van der Waals surface area contributed by atoms with Crippen LogP contribution in [0.1, 0.15) is 42.6 Å². The Labute approximate surface area is 114 Å². The van der Waals surface area contributed by atoms with E-state index in [0.717, 1.165) is 44.2 Å². The second-order valence-corrected chi connectivity index (χ2v) is 5.78. The number of rotatable bonds is 4. The Kier molecular flexibility index (Phi) is 3.43. The number of nitrogens with one attached hydrogen (secondary N) is 1. The lowest BCUT2D eigenvalue weighted by Gasteiger charge is -2.20. The lowest BCUT2D eigenvalue weighted by Crippen LogP contribution is -2.27. The van der Waals surface area contributed by atoms with Gasteiger partial charge in [0.05, 0.1) is 5.60 Å². The molecule has 2 nitrogen and oxygen atoms in total. The first-order valence-electron chi connectivity index (χ1n) is 7.17. The predicted octanol–water partition coefficient (Wildman–Crippen LogP) is 3.45. The Hall–Kier alpha value is -1.54. The molecule has 100 valence electrons. The first-order chi connectivity index (χ1) is 9.23. The van der Waals surface area contributed by atoms with Gasteiger partial charge >= 0.3 is 0 Å². The summed E-state index contributed by atoms with van der Waals surface area (Å²) in [5.74, 6) is 0. The molecule has 2 heteroatoms. The molecular formula is C17H21NO. The van der Waals surface area contributed by atoms with Gasteiger partial charge in [0, 0.05) is 24.2 Å². The van der Waals surface area contributed by atoms with Crippen LogP contribution in [0, 0.1) is 0 Å². The fraction of sp³-hybridized carbons (Fsp3) is 0.412. The van der Waals surface area contributed by atoms with Crippen LogP contribution in [0.2, 0.25) is 0 Å². The largest absolute Gasteiger partial charge is 0.389 e. The van der Waals surface area contributed by atoms with Crippen LogP contribution in [0.5, 0.6) is 0 Å². The summed E-state index contributed by atoms with van der Waals surface area (Å²) in [5.41, 5.74) is 3.24. The van der Waals surface area contributed by atoms with Crippen molar-refractivity contribution in [2.24, 2.45) is 0 Å². The minimum absolute atomic E-state index is 0.463. The molecule has 19 heavy (non-hydrogen) atoms. The van der Waals surface area contributed by atoms with E-state index in [9.17, 15) is 5.11 Å². The standard InChI is InChI=1S/C17H21NO/c19-17(10-4-5-11-17)13-16-9-8-15(18-16)12-14-6-2-1-3-7-14/h1-3,6-9,18-19H,4-5,10-13H2. The lowest BCUT2D eigenvalue weighted by atomic mass is 9.96. The van der Waals surface area contributed by atoms with E-state index in [1.54, 1.807) is 0 Å². The third kappa shape index (κ3) is 3.07. The fourth-order valence-corrected chi connectivity index (χ4v) is 3.08. The van der Waals surface area contributed by atoms with E-state index >= 15 is 0 Å². The van der Waals surface area contributed by atoms with E-state index < -0.39 is 5.60 Å². The van der Waals surface area contributed by atoms with Crippen molar-refractivity contribution in [1.29, 1.82) is 0 Å². The molecule has 1 heterocycles. The molecule has 3 rings (SSSR count). The second kappa shape index (κ2) is 5.22. The molecule has 0 spiro atoms. The smallest absolute Gasteiger partial charge is 0.0702 e. The van der Waals surface area contributed by atoms with Crippen molar-refractivity contribution in [3.8, 4) is 0 Å². The lowest BCUT2D eigenvalue weighted by molar-refractivity contribution is 0.0473.